The number of methoxy groups -OCH3 is 1. The van der Waals surface area contributed by atoms with Crippen LogP contribution >= 0.6 is 0 Å². The summed E-state index contributed by atoms with van der Waals surface area (Å²) in [6, 6.07) is 20.2. The summed E-state index contributed by atoms with van der Waals surface area (Å²) in [6.07, 6.45) is 3.46. The highest BCUT2D eigenvalue weighted by molar-refractivity contribution is 5.94. The fourth-order valence-electron chi connectivity index (χ4n) is 2.82. The summed E-state index contributed by atoms with van der Waals surface area (Å²) in [5, 5.41) is 8.96. The summed E-state index contributed by atoms with van der Waals surface area (Å²) in [4.78, 5) is 19.0. The van der Waals surface area contributed by atoms with Crippen molar-refractivity contribution in [1.29, 1.82) is 5.26 Å². The van der Waals surface area contributed by atoms with Gasteiger partial charge in [-0.2, -0.15) is 5.26 Å². The molecule has 5 nitrogen and oxygen atoms in total. The van der Waals surface area contributed by atoms with Gasteiger partial charge in [-0.15, -0.1) is 0 Å². The molecule has 5 heteroatoms. The van der Waals surface area contributed by atoms with Crippen LogP contribution in [-0.2, 0) is 13.1 Å². The second-order valence-electron chi connectivity index (χ2n) is 6.02. The van der Waals surface area contributed by atoms with Crippen molar-refractivity contribution in [2.75, 3.05) is 7.11 Å². The van der Waals surface area contributed by atoms with E-state index in [1.807, 2.05) is 36.4 Å². The Hall–Kier alpha value is -3.65. The fraction of sp³-hybridized carbons (Fsp3) is 0.136. The summed E-state index contributed by atoms with van der Waals surface area (Å²) in [7, 11) is 1.62. The number of ether oxygens (including phenoxy) is 1. The lowest BCUT2D eigenvalue weighted by Crippen LogP contribution is -2.30. The van der Waals surface area contributed by atoms with E-state index in [0.717, 1.165) is 16.9 Å². The lowest BCUT2D eigenvalue weighted by Gasteiger charge is -2.24. The third-order valence-corrected chi connectivity index (χ3v) is 4.20. The first-order valence-corrected chi connectivity index (χ1v) is 8.51. The third-order valence-electron chi connectivity index (χ3n) is 4.20. The number of benzene rings is 2. The number of aromatic nitrogens is 1. The summed E-state index contributed by atoms with van der Waals surface area (Å²) >= 11 is 0. The Bertz CT molecular complexity index is 947. The van der Waals surface area contributed by atoms with Crippen LogP contribution in [0.3, 0.4) is 0 Å². The van der Waals surface area contributed by atoms with Gasteiger partial charge in [0, 0.05) is 36.6 Å². The lowest BCUT2D eigenvalue weighted by molar-refractivity contribution is 0.0728. The Morgan fingerprint density at radius 2 is 1.85 bits per heavy atom. The van der Waals surface area contributed by atoms with E-state index in [-0.39, 0.29) is 5.91 Å². The van der Waals surface area contributed by atoms with Gasteiger partial charge in [-0.05, 0) is 42.0 Å². The van der Waals surface area contributed by atoms with Crippen LogP contribution in [0, 0.1) is 11.3 Å². The molecule has 0 N–H and O–H groups in total. The largest absolute Gasteiger partial charge is 0.496 e. The molecule has 3 rings (SSSR count). The van der Waals surface area contributed by atoms with Gasteiger partial charge in [0.25, 0.3) is 5.91 Å². The average Bonchev–Trinajstić information content (AvgIpc) is 2.74. The van der Waals surface area contributed by atoms with Crippen LogP contribution in [0.15, 0.2) is 73.1 Å². The van der Waals surface area contributed by atoms with Crippen molar-refractivity contribution in [2.45, 2.75) is 13.1 Å². The number of nitriles is 1. The molecule has 0 radical (unpaired) electrons. The van der Waals surface area contributed by atoms with Crippen molar-refractivity contribution < 1.29 is 9.53 Å². The van der Waals surface area contributed by atoms with Crippen LogP contribution in [-0.4, -0.2) is 22.9 Å². The maximum Gasteiger partial charge on any atom is 0.254 e. The van der Waals surface area contributed by atoms with Gasteiger partial charge in [-0.1, -0.05) is 24.3 Å². The van der Waals surface area contributed by atoms with Crippen molar-refractivity contribution in [3.05, 3.63) is 95.3 Å². The molecule has 1 heterocycles. The molecule has 0 aliphatic heterocycles. The number of hydrogen-bond acceptors (Lipinski definition) is 4. The number of pyridine rings is 1. The van der Waals surface area contributed by atoms with Gasteiger partial charge in [0.1, 0.15) is 5.75 Å². The van der Waals surface area contributed by atoms with E-state index in [2.05, 4.69) is 11.1 Å². The number of para-hydroxylation sites is 1. The van der Waals surface area contributed by atoms with Crippen molar-refractivity contribution in [3.63, 3.8) is 0 Å². The molecule has 134 valence electrons. The monoisotopic (exact) mass is 357 g/mol. The summed E-state index contributed by atoms with van der Waals surface area (Å²) < 4.78 is 5.43. The van der Waals surface area contributed by atoms with E-state index in [4.69, 9.17) is 10.00 Å². The zero-order chi connectivity index (χ0) is 19.1. The minimum Gasteiger partial charge on any atom is -0.496 e. The van der Waals surface area contributed by atoms with Crippen molar-refractivity contribution in [3.8, 4) is 11.8 Å². The Kier molecular flexibility index (Phi) is 5.80. The SMILES string of the molecule is COc1ccccc1CN(Cc1cccnc1)C(=O)c1ccc(C#N)cc1. The molecular weight excluding hydrogens is 338 g/mol. The first kappa shape index (κ1) is 18.2. The minimum atomic E-state index is -0.116. The normalized spacial score (nSPS) is 10.1. The van der Waals surface area contributed by atoms with Crippen molar-refractivity contribution >= 4 is 5.91 Å². The average molecular weight is 357 g/mol. The number of nitrogens with zero attached hydrogens (tertiary/aromatic N) is 3. The van der Waals surface area contributed by atoms with Crippen LogP contribution < -0.4 is 4.74 Å². The van der Waals surface area contributed by atoms with Gasteiger partial charge in [-0.25, -0.2) is 0 Å². The number of amides is 1. The molecule has 0 aliphatic carbocycles. The van der Waals surface area contributed by atoms with Gasteiger partial charge >= 0.3 is 0 Å². The molecule has 0 saturated heterocycles. The molecule has 1 aromatic heterocycles. The molecule has 0 unspecified atom stereocenters. The minimum absolute atomic E-state index is 0.116. The highest BCUT2D eigenvalue weighted by atomic mass is 16.5. The second kappa shape index (κ2) is 8.63. The summed E-state index contributed by atoms with van der Waals surface area (Å²) in [5.41, 5.74) is 2.92. The van der Waals surface area contributed by atoms with E-state index < -0.39 is 0 Å². The number of rotatable bonds is 6. The summed E-state index contributed by atoms with van der Waals surface area (Å²) in [6.45, 7) is 0.822. The first-order valence-electron chi connectivity index (χ1n) is 8.51. The second-order valence-corrected chi connectivity index (χ2v) is 6.02. The molecule has 0 fully saturated rings. The van der Waals surface area contributed by atoms with Gasteiger partial charge in [0.05, 0.1) is 18.7 Å². The Morgan fingerprint density at radius 1 is 1.07 bits per heavy atom. The van der Waals surface area contributed by atoms with Crippen LogP contribution in [0.4, 0.5) is 0 Å². The molecule has 0 atom stereocenters. The molecule has 2 aromatic carbocycles. The predicted molar refractivity (Wildman–Crippen MR) is 102 cm³/mol. The lowest BCUT2D eigenvalue weighted by atomic mass is 10.1. The topological polar surface area (TPSA) is 66.2 Å². The quantitative estimate of drug-likeness (QED) is 0.673. The Morgan fingerprint density at radius 3 is 2.52 bits per heavy atom. The van der Waals surface area contributed by atoms with Crippen LogP contribution in [0.5, 0.6) is 5.75 Å². The number of carbonyl (C=O) groups is 1. The summed E-state index contributed by atoms with van der Waals surface area (Å²) in [5.74, 6) is 0.621. The van der Waals surface area contributed by atoms with Gasteiger partial charge in [-0.3, -0.25) is 9.78 Å². The maximum atomic E-state index is 13.1. The predicted octanol–water partition coefficient (Wildman–Crippen LogP) is 3.80. The zero-order valence-corrected chi connectivity index (χ0v) is 15.0. The number of carbonyl (C=O) groups excluding carboxylic acids is 1. The van der Waals surface area contributed by atoms with Gasteiger partial charge in [0.15, 0.2) is 0 Å². The Balaban J connectivity index is 1.91. The molecule has 1 amide bonds. The molecule has 27 heavy (non-hydrogen) atoms. The molecular formula is C22H19N3O2. The zero-order valence-electron chi connectivity index (χ0n) is 15.0. The highest BCUT2D eigenvalue weighted by Crippen LogP contribution is 2.22. The number of hydrogen-bond donors (Lipinski definition) is 0. The van der Waals surface area contributed by atoms with Crippen LogP contribution in [0.1, 0.15) is 27.0 Å². The molecule has 0 saturated carbocycles. The van der Waals surface area contributed by atoms with Crippen molar-refractivity contribution in [1.82, 2.24) is 9.88 Å². The standard InChI is InChI=1S/C22H19N3O2/c1-27-21-7-3-2-6-20(21)16-25(15-18-5-4-12-24-14-18)22(26)19-10-8-17(13-23)9-11-19/h2-12,14H,15-16H2,1H3. The van der Waals surface area contributed by atoms with Gasteiger partial charge < -0.3 is 9.64 Å². The van der Waals surface area contributed by atoms with Gasteiger partial charge in [0.2, 0.25) is 0 Å². The first-order chi connectivity index (χ1) is 13.2. The molecule has 0 bridgehead atoms. The van der Waals surface area contributed by atoms with E-state index in [9.17, 15) is 4.79 Å². The van der Waals surface area contributed by atoms with E-state index in [1.54, 1.807) is 48.7 Å². The molecule has 0 aliphatic rings. The highest BCUT2D eigenvalue weighted by Gasteiger charge is 2.18. The molecule has 3 aromatic rings. The van der Waals surface area contributed by atoms with E-state index >= 15 is 0 Å². The fourth-order valence-corrected chi connectivity index (χ4v) is 2.82. The van der Waals surface area contributed by atoms with Crippen LogP contribution in [0.2, 0.25) is 0 Å². The Labute approximate surface area is 158 Å². The van der Waals surface area contributed by atoms with Crippen LogP contribution in [0.25, 0.3) is 0 Å². The van der Waals surface area contributed by atoms with Crippen molar-refractivity contribution in [2.24, 2.45) is 0 Å². The smallest absolute Gasteiger partial charge is 0.254 e. The molecule has 0 spiro atoms. The van der Waals surface area contributed by atoms with E-state index in [1.165, 1.54) is 0 Å². The van der Waals surface area contributed by atoms with E-state index in [0.29, 0.717) is 24.2 Å². The third kappa shape index (κ3) is 4.50. The maximum absolute atomic E-state index is 13.1.